The minimum atomic E-state index is -0.136. The van der Waals surface area contributed by atoms with Gasteiger partial charge in [0, 0.05) is 5.54 Å². The Hall–Kier alpha value is -0.0400. The van der Waals surface area contributed by atoms with Crippen molar-refractivity contribution in [1.29, 1.82) is 0 Å². The van der Waals surface area contributed by atoms with Crippen LogP contribution in [-0.2, 0) is 0 Å². The number of hydrogen-bond donors (Lipinski definition) is 1. The first kappa shape index (κ1) is 17.0. The smallest absolute Gasteiger partial charge is 0.0180 e. The average molecular weight is 241 g/mol. The van der Waals surface area contributed by atoms with Crippen molar-refractivity contribution < 1.29 is 0 Å². The lowest BCUT2D eigenvalue weighted by Gasteiger charge is -2.60. The molecule has 0 saturated heterocycles. The van der Waals surface area contributed by atoms with E-state index < -0.39 is 0 Å². The summed E-state index contributed by atoms with van der Waals surface area (Å²) in [4.78, 5) is 0. The highest BCUT2D eigenvalue weighted by molar-refractivity contribution is 5.06. The molecule has 0 bridgehead atoms. The first-order valence-corrected chi connectivity index (χ1v) is 7.04. The van der Waals surface area contributed by atoms with E-state index in [4.69, 9.17) is 5.73 Å². The quantitative estimate of drug-likeness (QED) is 0.731. The lowest BCUT2D eigenvalue weighted by Crippen LogP contribution is -2.61. The fourth-order valence-electron chi connectivity index (χ4n) is 2.68. The molecule has 1 nitrogen and oxygen atoms in total. The van der Waals surface area contributed by atoms with Gasteiger partial charge in [-0.05, 0) is 35.5 Å². The van der Waals surface area contributed by atoms with Gasteiger partial charge in [-0.15, -0.1) is 0 Å². The molecule has 0 aromatic carbocycles. The Morgan fingerprint density at radius 3 is 1.41 bits per heavy atom. The third kappa shape index (κ3) is 2.41. The van der Waals surface area contributed by atoms with Crippen LogP contribution in [0.4, 0.5) is 0 Å². The van der Waals surface area contributed by atoms with Gasteiger partial charge in [-0.1, -0.05) is 62.3 Å². The number of nitrogens with two attached hydrogens (primary N) is 1. The van der Waals surface area contributed by atoms with E-state index in [1.54, 1.807) is 0 Å². The van der Waals surface area contributed by atoms with Gasteiger partial charge >= 0.3 is 0 Å². The molecule has 0 rings (SSSR count). The molecule has 0 spiro atoms. The first-order valence-electron chi connectivity index (χ1n) is 7.04. The fourth-order valence-corrected chi connectivity index (χ4v) is 2.68. The van der Waals surface area contributed by atoms with E-state index in [1.807, 2.05) is 0 Å². The van der Waals surface area contributed by atoms with Crippen molar-refractivity contribution >= 4 is 0 Å². The summed E-state index contributed by atoms with van der Waals surface area (Å²) in [5, 5.41) is 0. The van der Waals surface area contributed by atoms with Crippen LogP contribution in [-0.4, -0.2) is 5.54 Å². The van der Waals surface area contributed by atoms with Gasteiger partial charge in [0.15, 0.2) is 0 Å². The SMILES string of the molecule is CC[C@@](C)(N)C(C)(C)C(C)(C)C(C)(C)C(C)C. The molecule has 0 fully saturated rings. The van der Waals surface area contributed by atoms with Gasteiger partial charge in [-0.25, -0.2) is 0 Å². The molecule has 17 heavy (non-hydrogen) atoms. The molecule has 0 saturated carbocycles. The van der Waals surface area contributed by atoms with Gasteiger partial charge in [-0.3, -0.25) is 0 Å². The molecule has 2 N–H and O–H groups in total. The van der Waals surface area contributed by atoms with Gasteiger partial charge in [0.25, 0.3) is 0 Å². The predicted octanol–water partition coefficient (Wildman–Crippen LogP) is 4.85. The molecule has 0 aliphatic rings. The zero-order valence-corrected chi connectivity index (χ0v) is 13.9. The Bertz CT molecular complexity index is 257. The predicted molar refractivity (Wildman–Crippen MR) is 79.1 cm³/mol. The molecule has 0 unspecified atom stereocenters. The van der Waals surface area contributed by atoms with Crippen LogP contribution in [0, 0.1) is 22.2 Å². The van der Waals surface area contributed by atoms with Crippen LogP contribution in [0.5, 0.6) is 0 Å². The Balaban J connectivity index is 5.61. The van der Waals surface area contributed by atoms with Crippen molar-refractivity contribution in [2.24, 2.45) is 27.9 Å². The van der Waals surface area contributed by atoms with Gasteiger partial charge in [0.05, 0.1) is 0 Å². The second kappa shape index (κ2) is 4.57. The Morgan fingerprint density at radius 2 is 1.18 bits per heavy atom. The minimum Gasteiger partial charge on any atom is -0.325 e. The maximum absolute atomic E-state index is 6.58. The molecule has 1 atom stereocenters. The van der Waals surface area contributed by atoms with Crippen LogP contribution < -0.4 is 5.73 Å². The second-order valence-electron chi connectivity index (χ2n) is 7.90. The van der Waals surface area contributed by atoms with E-state index in [-0.39, 0.29) is 21.8 Å². The van der Waals surface area contributed by atoms with Crippen LogP contribution >= 0.6 is 0 Å². The summed E-state index contributed by atoms with van der Waals surface area (Å²) < 4.78 is 0. The maximum Gasteiger partial charge on any atom is 0.0180 e. The highest BCUT2D eigenvalue weighted by Crippen LogP contribution is 2.58. The van der Waals surface area contributed by atoms with Crippen LogP contribution in [0.3, 0.4) is 0 Å². The van der Waals surface area contributed by atoms with Crippen molar-refractivity contribution in [3.05, 3.63) is 0 Å². The molecule has 0 aliphatic carbocycles. The van der Waals surface area contributed by atoms with Crippen LogP contribution in [0.25, 0.3) is 0 Å². The number of hydrogen-bond acceptors (Lipinski definition) is 1. The lowest BCUT2D eigenvalue weighted by molar-refractivity contribution is -0.0876. The maximum atomic E-state index is 6.58. The molecule has 0 aromatic rings. The fraction of sp³-hybridized carbons (Fsp3) is 1.00. The summed E-state index contributed by atoms with van der Waals surface area (Å²) in [7, 11) is 0. The van der Waals surface area contributed by atoms with E-state index in [0.29, 0.717) is 5.92 Å². The van der Waals surface area contributed by atoms with Crippen LogP contribution in [0.1, 0.15) is 75.7 Å². The minimum absolute atomic E-state index is 0.0858. The van der Waals surface area contributed by atoms with Crippen molar-refractivity contribution in [1.82, 2.24) is 0 Å². The van der Waals surface area contributed by atoms with Crippen LogP contribution in [0.2, 0.25) is 0 Å². The lowest BCUT2D eigenvalue weighted by atomic mass is 9.47. The van der Waals surface area contributed by atoms with Gasteiger partial charge in [-0.2, -0.15) is 0 Å². The molecule has 0 heterocycles. The van der Waals surface area contributed by atoms with Crippen molar-refractivity contribution in [2.75, 3.05) is 0 Å². The summed E-state index contributed by atoms with van der Waals surface area (Å²) in [5.74, 6) is 0.643. The first-order chi connectivity index (χ1) is 7.25. The molecule has 104 valence electrons. The molecule has 0 aromatic heterocycles. The topological polar surface area (TPSA) is 26.0 Å². The molecule has 1 heteroatoms. The molecule has 0 radical (unpaired) electrons. The van der Waals surface area contributed by atoms with E-state index in [9.17, 15) is 0 Å². The summed E-state index contributed by atoms with van der Waals surface area (Å²) in [6.07, 6.45) is 1.01. The molecule has 0 aliphatic heterocycles. The zero-order valence-electron chi connectivity index (χ0n) is 13.9. The van der Waals surface area contributed by atoms with Crippen molar-refractivity contribution in [3.8, 4) is 0 Å². The van der Waals surface area contributed by atoms with Crippen LogP contribution in [0.15, 0.2) is 0 Å². The van der Waals surface area contributed by atoms with E-state index in [0.717, 1.165) is 6.42 Å². The Morgan fingerprint density at radius 1 is 0.824 bits per heavy atom. The summed E-state index contributed by atoms with van der Waals surface area (Å²) in [5.41, 5.74) is 6.96. The standard InChI is InChI=1S/C16H35N/c1-11-16(10,17)15(8,9)14(6,7)13(4,5)12(2)3/h12H,11,17H2,1-10H3/t16-/m1/s1. The summed E-state index contributed by atoms with van der Waals surface area (Å²) >= 11 is 0. The van der Waals surface area contributed by atoms with E-state index in [2.05, 4.69) is 69.2 Å². The van der Waals surface area contributed by atoms with Crippen molar-refractivity contribution in [3.63, 3.8) is 0 Å². The highest BCUT2D eigenvalue weighted by Gasteiger charge is 2.54. The molecule has 0 amide bonds. The normalized spacial score (nSPS) is 18.4. The van der Waals surface area contributed by atoms with Gasteiger partial charge in [0.1, 0.15) is 0 Å². The third-order valence-corrected chi connectivity index (χ3v) is 6.78. The average Bonchev–Trinajstić information content (AvgIpc) is 2.16. The summed E-state index contributed by atoms with van der Waals surface area (Å²) in [6, 6.07) is 0. The van der Waals surface area contributed by atoms with Gasteiger partial charge < -0.3 is 5.73 Å². The number of rotatable bonds is 5. The van der Waals surface area contributed by atoms with Crippen molar-refractivity contribution in [2.45, 2.75) is 81.2 Å². The molecular formula is C16H35N. The van der Waals surface area contributed by atoms with E-state index in [1.165, 1.54) is 0 Å². The second-order valence-corrected chi connectivity index (χ2v) is 7.90. The highest BCUT2D eigenvalue weighted by atomic mass is 14.8. The molecular weight excluding hydrogens is 206 g/mol. The summed E-state index contributed by atoms with van der Waals surface area (Å²) in [6.45, 7) is 23.2. The zero-order chi connectivity index (χ0) is 14.3. The van der Waals surface area contributed by atoms with E-state index >= 15 is 0 Å². The Kier molecular flexibility index (Phi) is 4.56. The largest absolute Gasteiger partial charge is 0.325 e. The Labute approximate surface area is 110 Å². The third-order valence-electron chi connectivity index (χ3n) is 6.78. The van der Waals surface area contributed by atoms with Gasteiger partial charge in [0.2, 0.25) is 0 Å². The monoisotopic (exact) mass is 241 g/mol.